The van der Waals surface area contributed by atoms with Crippen molar-refractivity contribution in [1.29, 1.82) is 0 Å². The molecule has 2 atom stereocenters. The van der Waals surface area contributed by atoms with Crippen LogP contribution in [-0.4, -0.2) is 35.6 Å². The molecule has 1 saturated heterocycles. The standard InChI is InChI=1S/C16H31NO2/c1-6-8-9-10-17-12-13(7-2)11-14(17)15(18)19-16(3,4)5/h13-14H,6-12H2,1-5H3. The first-order chi connectivity index (χ1) is 8.87. The van der Waals surface area contributed by atoms with Crippen molar-refractivity contribution in [2.45, 2.75) is 78.4 Å². The van der Waals surface area contributed by atoms with Crippen LogP contribution in [0.15, 0.2) is 0 Å². The molecule has 2 unspecified atom stereocenters. The number of carbonyl (C=O) groups excluding carboxylic acids is 1. The van der Waals surface area contributed by atoms with Crippen molar-refractivity contribution >= 4 is 5.97 Å². The lowest BCUT2D eigenvalue weighted by Crippen LogP contribution is -2.40. The van der Waals surface area contributed by atoms with Crippen LogP contribution in [0.5, 0.6) is 0 Å². The first-order valence-electron chi connectivity index (χ1n) is 7.84. The average Bonchev–Trinajstić information content (AvgIpc) is 2.71. The number of carbonyl (C=O) groups is 1. The largest absolute Gasteiger partial charge is 0.459 e. The molecule has 0 aliphatic carbocycles. The minimum Gasteiger partial charge on any atom is -0.459 e. The molecule has 1 rings (SSSR count). The van der Waals surface area contributed by atoms with Gasteiger partial charge in [0, 0.05) is 6.54 Å². The number of likely N-dealkylation sites (tertiary alicyclic amines) is 1. The topological polar surface area (TPSA) is 29.5 Å². The van der Waals surface area contributed by atoms with Crippen LogP contribution in [0, 0.1) is 5.92 Å². The predicted molar refractivity (Wildman–Crippen MR) is 79.1 cm³/mol. The van der Waals surface area contributed by atoms with E-state index in [1.165, 1.54) is 19.3 Å². The maximum absolute atomic E-state index is 12.3. The van der Waals surface area contributed by atoms with E-state index in [9.17, 15) is 4.79 Å². The Morgan fingerprint density at radius 3 is 2.47 bits per heavy atom. The van der Waals surface area contributed by atoms with Gasteiger partial charge < -0.3 is 4.74 Å². The quantitative estimate of drug-likeness (QED) is 0.545. The fourth-order valence-electron chi connectivity index (χ4n) is 2.72. The average molecular weight is 269 g/mol. The molecule has 0 aromatic heterocycles. The molecule has 112 valence electrons. The molecule has 0 spiro atoms. The summed E-state index contributed by atoms with van der Waals surface area (Å²) in [6.45, 7) is 12.4. The first kappa shape index (κ1) is 16.5. The van der Waals surface area contributed by atoms with Crippen molar-refractivity contribution in [2.75, 3.05) is 13.1 Å². The molecule has 1 aliphatic heterocycles. The molecule has 1 fully saturated rings. The maximum Gasteiger partial charge on any atom is 0.323 e. The van der Waals surface area contributed by atoms with Gasteiger partial charge in [0.15, 0.2) is 0 Å². The van der Waals surface area contributed by atoms with Crippen LogP contribution in [0.2, 0.25) is 0 Å². The molecular weight excluding hydrogens is 238 g/mol. The third-order valence-corrected chi connectivity index (χ3v) is 3.80. The van der Waals surface area contributed by atoms with Crippen LogP contribution >= 0.6 is 0 Å². The van der Waals surface area contributed by atoms with Crippen LogP contribution in [-0.2, 0) is 9.53 Å². The van der Waals surface area contributed by atoms with Crippen molar-refractivity contribution < 1.29 is 9.53 Å². The summed E-state index contributed by atoms with van der Waals surface area (Å²) in [7, 11) is 0. The zero-order valence-corrected chi connectivity index (χ0v) is 13.4. The van der Waals surface area contributed by atoms with Crippen molar-refractivity contribution in [3.05, 3.63) is 0 Å². The van der Waals surface area contributed by atoms with E-state index in [4.69, 9.17) is 4.74 Å². The molecule has 3 nitrogen and oxygen atoms in total. The van der Waals surface area contributed by atoms with Gasteiger partial charge in [0.25, 0.3) is 0 Å². The van der Waals surface area contributed by atoms with E-state index >= 15 is 0 Å². The van der Waals surface area contributed by atoms with Gasteiger partial charge in [0.2, 0.25) is 0 Å². The Bertz CT molecular complexity index is 283. The highest BCUT2D eigenvalue weighted by atomic mass is 16.6. The van der Waals surface area contributed by atoms with Gasteiger partial charge in [-0.25, -0.2) is 0 Å². The van der Waals surface area contributed by atoms with Crippen molar-refractivity contribution in [1.82, 2.24) is 4.90 Å². The summed E-state index contributed by atoms with van der Waals surface area (Å²) in [6.07, 6.45) is 5.78. The summed E-state index contributed by atoms with van der Waals surface area (Å²) < 4.78 is 5.57. The van der Waals surface area contributed by atoms with E-state index in [0.29, 0.717) is 5.92 Å². The summed E-state index contributed by atoms with van der Waals surface area (Å²) in [5.41, 5.74) is -0.378. The fourth-order valence-corrected chi connectivity index (χ4v) is 2.72. The summed E-state index contributed by atoms with van der Waals surface area (Å²) in [5, 5.41) is 0. The van der Waals surface area contributed by atoms with Crippen LogP contribution < -0.4 is 0 Å². The SMILES string of the molecule is CCCCCN1CC(CC)CC1C(=O)OC(C)(C)C. The van der Waals surface area contributed by atoms with Crippen molar-refractivity contribution in [2.24, 2.45) is 5.92 Å². The molecule has 0 N–H and O–H groups in total. The predicted octanol–water partition coefficient (Wildman–Crippen LogP) is 3.62. The van der Waals surface area contributed by atoms with Gasteiger partial charge in [0.05, 0.1) is 0 Å². The number of hydrogen-bond donors (Lipinski definition) is 0. The highest BCUT2D eigenvalue weighted by molar-refractivity contribution is 5.76. The summed E-state index contributed by atoms with van der Waals surface area (Å²) in [5.74, 6) is 0.624. The molecule has 0 amide bonds. The number of unbranched alkanes of at least 4 members (excludes halogenated alkanes) is 2. The second-order valence-electron chi connectivity index (χ2n) is 6.76. The molecule has 0 aromatic rings. The van der Waals surface area contributed by atoms with E-state index in [-0.39, 0.29) is 17.6 Å². The highest BCUT2D eigenvalue weighted by Crippen LogP contribution is 2.28. The Labute approximate surface area is 118 Å². The Morgan fingerprint density at radius 2 is 1.95 bits per heavy atom. The van der Waals surface area contributed by atoms with Gasteiger partial charge in [-0.1, -0.05) is 33.1 Å². The highest BCUT2D eigenvalue weighted by Gasteiger charge is 2.37. The summed E-state index contributed by atoms with van der Waals surface area (Å²) in [4.78, 5) is 14.6. The molecule has 0 radical (unpaired) electrons. The third-order valence-electron chi connectivity index (χ3n) is 3.80. The van der Waals surface area contributed by atoms with E-state index < -0.39 is 0 Å². The molecule has 3 heteroatoms. The minimum atomic E-state index is -0.378. The fraction of sp³-hybridized carbons (Fsp3) is 0.938. The second kappa shape index (κ2) is 7.28. The van der Waals surface area contributed by atoms with Crippen LogP contribution in [0.4, 0.5) is 0 Å². The van der Waals surface area contributed by atoms with Gasteiger partial charge in [-0.05, 0) is 46.1 Å². The lowest BCUT2D eigenvalue weighted by molar-refractivity contribution is -0.160. The number of esters is 1. The molecule has 1 heterocycles. The monoisotopic (exact) mass is 269 g/mol. The molecule has 0 aromatic carbocycles. The lowest BCUT2D eigenvalue weighted by atomic mass is 10.0. The zero-order chi connectivity index (χ0) is 14.5. The number of hydrogen-bond acceptors (Lipinski definition) is 3. The van der Waals surface area contributed by atoms with Crippen LogP contribution in [0.1, 0.15) is 66.7 Å². The molecule has 0 bridgehead atoms. The van der Waals surface area contributed by atoms with E-state index in [1.807, 2.05) is 20.8 Å². The number of ether oxygens (including phenoxy) is 1. The Balaban J connectivity index is 2.58. The van der Waals surface area contributed by atoms with Gasteiger partial charge in [-0.3, -0.25) is 9.69 Å². The van der Waals surface area contributed by atoms with E-state index in [0.717, 1.165) is 25.9 Å². The van der Waals surface area contributed by atoms with Gasteiger partial charge in [-0.15, -0.1) is 0 Å². The minimum absolute atomic E-state index is 0.0129. The Kier molecular flexibility index (Phi) is 6.31. The molecule has 0 saturated carbocycles. The molecule has 1 aliphatic rings. The van der Waals surface area contributed by atoms with E-state index in [1.54, 1.807) is 0 Å². The van der Waals surface area contributed by atoms with Crippen LogP contribution in [0.3, 0.4) is 0 Å². The third kappa shape index (κ3) is 5.52. The summed E-state index contributed by atoms with van der Waals surface area (Å²) in [6, 6.07) is -0.0129. The Hall–Kier alpha value is -0.570. The lowest BCUT2D eigenvalue weighted by Gasteiger charge is -2.27. The summed E-state index contributed by atoms with van der Waals surface area (Å²) >= 11 is 0. The normalized spacial score (nSPS) is 24.7. The van der Waals surface area contributed by atoms with Crippen molar-refractivity contribution in [3.63, 3.8) is 0 Å². The van der Waals surface area contributed by atoms with Gasteiger partial charge >= 0.3 is 5.97 Å². The van der Waals surface area contributed by atoms with Gasteiger partial charge in [0.1, 0.15) is 11.6 Å². The van der Waals surface area contributed by atoms with E-state index in [2.05, 4.69) is 18.7 Å². The molecular formula is C16H31NO2. The van der Waals surface area contributed by atoms with Gasteiger partial charge in [-0.2, -0.15) is 0 Å². The number of nitrogens with zero attached hydrogens (tertiary/aromatic N) is 1. The molecule has 19 heavy (non-hydrogen) atoms. The maximum atomic E-state index is 12.3. The first-order valence-corrected chi connectivity index (χ1v) is 7.84. The number of rotatable bonds is 6. The second-order valence-corrected chi connectivity index (χ2v) is 6.76. The zero-order valence-electron chi connectivity index (χ0n) is 13.4. The van der Waals surface area contributed by atoms with Crippen molar-refractivity contribution in [3.8, 4) is 0 Å². The Morgan fingerprint density at radius 1 is 1.26 bits per heavy atom. The van der Waals surface area contributed by atoms with Crippen LogP contribution in [0.25, 0.3) is 0 Å². The smallest absolute Gasteiger partial charge is 0.323 e.